The third-order valence-corrected chi connectivity index (χ3v) is 4.16. The van der Waals surface area contributed by atoms with Gasteiger partial charge in [-0.3, -0.25) is 14.8 Å². The number of nitro benzene ring substituents is 1. The maximum absolute atomic E-state index is 12.1. The summed E-state index contributed by atoms with van der Waals surface area (Å²) in [6.45, 7) is 0. The van der Waals surface area contributed by atoms with Gasteiger partial charge in [0.1, 0.15) is 16.2 Å². The predicted octanol–water partition coefficient (Wildman–Crippen LogP) is 2.69. The first-order chi connectivity index (χ1) is 9.87. The molecular formula is C12H10BrN3O4S. The van der Waals surface area contributed by atoms with Crippen LogP contribution in [0.25, 0.3) is 0 Å². The van der Waals surface area contributed by atoms with Crippen LogP contribution in [-0.4, -0.2) is 18.3 Å². The van der Waals surface area contributed by atoms with Crippen molar-refractivity contribution in [1.29, 1.82) is 0 Å². The standard InChI is InChI=1S/C12H10BrN3O4S/c13-11-6-3-7-12(14-11)15-21(19,20)8-9-4-1-2-5-10(9)16(17)18/h1-7H,8H2,(H,14,15). The summed E-state index contributed by atoms with van der Waals surface area (Å²) < 4.78 is 26.9. The maximum Gasteiger partial charge on any atom is 0.273 e. The highest BCUT2D eigenvalue weighted by Crippen LogP contribution is 2.21. The Morgan fingerprint density at radius 2 is 1.90 bits per heavy atom. The first-order valence-electron chi connectivity index (χ1n) is 5.73. The van der Waals surface area contributed by atoms with Crippen molar-refractivity contribution >= 4 is 37.5 Å². The first kappa shape index (κ1) is 15.4. The SMILES string of the molecule is O=[N+]([O-])c1ccccc1CS(=O)(=O)Nc1cccc(Br)n1. The quantitative estimate of drug-likeness (QED) is 0.494. The lowest BCUT2D eigenvalue weighted by Gasteiger charge is -2.07. The summed E-state index contributed by atoms with van der Waals surface area (Å²) in [6.07, 6.45) is 0. The molecule has 0 spiro atoms. The zero-order valence-corrected chi connectivity index (χ0v) is 13.0. The Hall–Kier alpha value is -2.00. The maximum atomic E-state index is 12.1. The van der Waals surface area contributed by atoms with E-state index < -0.39 is 20.7 Å². The molecule has 2 rings (SSSR count). The van der Waals surface area contributed by atoms with E-state index in [1.54, 1.807) is 18.2 Å². The largest absolute Gasteiger partial charge is 0.273 e. The molecule has 0 aliphatic carbocycles. The topological polar surface area (TPSA) is 102 Å². The fourth-order valence-electron chi connectivity index (χ4n) is 1.68. The highest BCUT2D eigenvalue weighted by molar-refractivity contribution is 9.10. The number of aromatic nitrogens is 1. The van der Waals surface area contributed by atoms with Crippen molar-refractivity contribution in [1.82, 2.24) is 4.98 Å². The van der Waals surface area contributed by atoms with Crippen LogP contribution in [0.5, 0.6) is 0 Å². The number of nitrogens with one attached hydrogen (secondary N) is 1. The van der Waals surface area contributed by atoms with Gasteiger partial charge in [0.25, 0.3) is 5.69 Å². The second-order valence-corrected chi connectivity index (χ2v) is 6.63. The number of hydrogen-bond donors (Lipinski definition) is 1. The summed E-state index contributed by atoms with van der Waals surface area (Å²) in [4.78, 5) is 14.2. The van der Waals surface area contributed by atoms with Crippen molar-refractivity contribution in [2.75, 3.05) is 4.72 Å². The van der Waals surface area contributed by atoms with Gasteiger partial charge in [0.05, 0.1) is 4.92 Å². The molecule has 0 aliphatic rings. The molecule has 0 unspecified atom stereocenters. The van der Waals surface area contributed by atoms with Crippen LogP contribution in [-0.2, 0) is 15.8 Å². The van der Waals surface area contributed by atoms with Gasteiger partial charge in [0, 0.05) is 11.6 Å². The van der Waals surface area contributed by atoms with Crippen LogP contribution in [0.15, 0.2) is 47.1 Å². The van der Waals surface area contributed by atoms with Gasteiger partial charge in [-0.15, -0.1) is 0 Å². The molecule has 1 N–H and O–H groups in total. The minimum absolute atomic E-state index is 0.116. The van der Waals surface area contributed by atoms with Gasteiger partial charge >= 0.3 is 0 Å². The molecule has 7 nitrogen and oxygen atoms in total. The molecule has 1 heterocycles. The molecule has 2 aromatic rings. The molecule has 0 saturated heterocycles. The van der Waals surface area contributed by atoms with E-state index in [1.807, 2.05) is 0 Å². The van der Waals surface area contributed by atoms with Crippen LogP contribution in [0.2, 0.25) is 0 Å². The van der Waals surface area contributed by atoms with Gasteiger partial charge < -0.3 is 0 Å². The molecule has 0 atom stereocenters. The van der Waals surface area contributed by atoms with E-state index >= 15 is 0 Å². The van der Waals surface area contributed by atoms with Crippen LogP contribution in [0.4, 0.5) is 11.5 Å². The molecule has 0 amide bonds. The molecule has 9 heteroatoms. The molecule has 0 aliphatic heterocycles. The second-order valence-electron chi connectivity index (χ2n) is 4.09. The van der Waals surface area contributed by atoms with Crippen LogP contribution in [0, 0.1) is 10.1 Å². The first-order valence-corrected chi connectivity index (χ1v) is 8.17. The number of benzene rings is 1. The minimum atomic E-state index is -3.80. The summed E-state index contributed by atoms with van der Waals surface area (Å²) in [5, 5.41) is 10.9. The van der Waals surface area contributed by atoms with Crippen LogP contribution >= 0.6 is 15.9 Å². The number of sulfonamides is 1. The highest BCUT2D eigenvalue weighted by atomic mass is 79.9. The Kier molecular flexibility index (Phi) is 4.53. The van der Waals surface area contributed by atoms with Gasteiger partial charge in [-0.1, -0.05) is 24.3 Å². The predicted molar refractivity (Wildman–Crippen MR) is 81.3 cm³/mol. The van der Waals surface area contributed by atoms with E-state index in [0.717, 1.165) is 0 Å². The fraction of sp³-hybridized carbons (Fsp3) is 0.0833. The molecule has 0 radical (unpaired) electrons. The van der Waals surface area contributed by atoms with Crippen molar-refractivity contribution in [3.63, 3.8) is 0 Å². The summed E-state index contributed by atoms with van der Waals surface area (Å²) >= 11 is 3.13. The third-order valence-electron chi connectivity index (χ3n) is 2.51. The smallest absolute Gasteiger partial charge is 0.267 e. The molecule has 0 bridgehead atoms. The Balaban J connectivity index is 2.24. The third kappa shape index (κ3) is 4.23. The Bertz CT molecular complexity index is 780. The lowest BCUT2D eigenvalue weighted by Crippen LogP contribution is -2.16. The number of anilines is 1. The summed E-state index contributed by atoms with van der Waals surface area (Å²) in [7, 11) is -3.80. The van der Waals surface area contributed by atoms with Crippen LogP contribution in [0.1, 0.15) is 5.56 Å². The monoisotopic (exact) mass is 371 g/mol. The van der Waals surface area contributed by atoms with Gasteiger partial charge in [-0.25, -0.2) is 13.4 Å². The fourth-order valence-corrected chi connectivity index (χ4v) is 3.18. The summed E-state index contributed by atoms with van der Waals surface area (Å²) in [5.41, 5.74) is -0.116. The van der Waals surface area contributed by atoms with Gasteiger partial charge in [0.15, 0.2) is 0 Å². The van der Waals surface area contributed by atoms with Crippen LogP contribution in [0.3, 0.4) is 0 Å². The summed E-state index contributed by atoms with van der Waals surface area (Å²) in [5.74, 6) is -0.360. The van der Waals surface area contributed by atoms with Crippen molar-refractivity contribution in [2.24, 2.45) is 0 Å². The zero-order valence-electron chi connectivity index (χ0n) is 10.6. The molecule has 1 aromatic carbocycles. The van der Waals surface area contributed by atoms with Gasteiger partial charge in [-0.2, -0.15) is 0 Å². The molecule has 0 fully saturated rings. The molecule has 110 valence electrons. The highest BCUT2D eigenvalue weighted by Gasteiger charge is 2.20. The molecule has 21 heavy (non-hydrogen) atoms. The zero-order chi connectivity index (χ0) is 15.5. The van der Waals surface area contributed by atoms with Crippen molar-refractivity contribution in [3.05, 3.63) is 62.7 Å². The minimum Gasteiger partial charge on any atom is -0.267 e. The van der Waals surface area contributed by atoms with Crippen molar-refractivity contribution in [2.45, 2.75) is 5.75 Å². The van der Waals surface area contributed by atoms with E-state index in [1.165, 1.54) is 24.3 Å². The second kappa shape index (κ2) is 6.19. The Labute approximate surface area is 129 Å². The number of rotatable bonds is 5. The van der Waals surface area contributed by atoms with Crippen LogP contribution < -0.4 is 4.72 Å². The molecular weight excluding hydrogens is 362 g/mol. The molecule has 1 aromatic heterocycles. The van der Waals surface area contributed by atoms with E-state index in [0.29, 0.717) is 4.60 Å². The number of pyridine rings is 1. The lowest BCUT2D eigenvalue weighted by molar-refractivity contribution is -0.385. The number of halogens is 1. The van der Waals surface area contributed by atoms with E-state index in [9.17, 15) is 18.5 Å². The number of para-hydroxylation sites is 1. The number of nitrogens with zero attached hydrogens (tertiary/aromatic N) is 2. The number of hydrogen-bond acceptors (Lipinski definition) is 5. The van der Waals surface area contributed by atoms with E-state index in [-0.39, 0.29) is 17.1 Å². The Morgan fingerprint density at radius 3 is 2.57 bits per heavy atom. The lowest BCUT2D eigenvalue weighted by atomic mass is 10.2. The average molecular weight is 372 g/mol. The van der Waals surface area contributed by atoms with Crippen molar-refractivity contribution < 1.29 is 13.3 Å². The number of nitro groups is 1. The Morgan fingerprint density at radius 1 is 1.19 bits per heavy atom. The normalized spacial score (nSPS) is 11.1. The van der Waals surface area contributed by atoms with E-state index in [4.69, 9.17) is 0 Å². The van der Waals surface area contributed by atoms with E-state index in [2.05, 4.69) is 25.6 Å². The summed E-state index contributed by atoms with van der Waals surface area (Å²) in [6, 6.07) is 10.5. The average Bonchev–Trinajstić information content (AvgIpc) is 2.37. The van der Waals surface area contributed by atoms with Gasteiger partial charge in [-0.05, 0) is 28.1 Å². The van der Waals surface area contributed by atoms with Gasteiger partial charge in [0.2, 0.25) is 10.0 Å². The molecule has 0 saturated carbocycles. The van der Waals surface area contributed by atoms with Crippen molar-refractivity contribution in [3.8, 4) is 0 Å².